The van der Waals surface area contributed by atoms with Crippen LogP contribution in [0.25, 0.3) is 22.6 Å². The quantitative estimate of drug-likeness (QED) is 0.419. The minimum atomic E-state index is -0.148. The predicted molar refractivity (Wildman–Crippen MR) is 137 cm³/mol. The minimum absolute atomic E-state index is 0.0243. The van der Waals surface area contributed by atoms with Crippen LogP contribution < -0.4 is 10.3 Å². The van der Waals surface area contributed by atoms with Crippen molar-refractivity contribution in [1.29, 1.82) is 0 Å². The van der Waals surface area contributed by atoms with Crippen LogP contribution in [0.1, 0.15) is 26.7 Å². The van der Waals surface area contributed by atoms with Crippen LogP contribution in [0.5, 0.6) is 5.75 Å². The number of amides is 1. The van der Waals surface area contributed by atoms with E-state index in [9.17, 15) is 9.59 Å². The standard InChI is InChI=1S/C24H34N6O3S/c1-6-12-29-22-20(23(32)30(13-7-2)24(29)34)25-21(26-22)17-8-10-18(11-9-17)33-16-19(31)28(5)15-14-27(3)4/h8-11H,6-7,12-16H2,1-5H3,(H,25,26). The van der Waals surface area contributed by atoms with Gasteiger partial charge in [-0.2, -0.15) is 0 Å². The van der Waals surface area contributed by atoms with Crippen molar-refractivity contribution in [2.75, 3.05) is 40.8 Å². The molecule has 3 rings (SSSR count). The van der Waals surface area contributed by atoms with Crippen LogP contribution in [0.4, 0.5) is 0 Å². The van der Waals surface area contributed by atoms with Gasteiger partial charge >= 0.3 is 0 Å². The van der Waals surface area contributed by atoms with E-state index in [1.54, 1.807) is 28.6 Å². The summed E-state index contributed by atoms with van der Waals surface area (Å²) in [6.45, 7) is 6.76. The van der Waals surface area contributed by atoms with Gasteiger partial charge < -0.3 is 24.1 Å². The normalized spacial score (nSPS) is 11.4. The van der Waals surface area contributed by atoms with E-state index in [1.165, 1.54) is 0 Å². The van der Waals surface area contributed by atoms with Gasteiger partial charge in [-0.3, -0.25) is 14.2 Å². The zero-order valence-corrected chi connectivity index (χ0v) is 21.4. The SMILES string of the molecule is CCCn1c(=O)c2[nH]c(-c3ccc(OCC(=O)N(C)CCN(C)C)cc3)nc2n(CCC)c1=S. The highest BCUT2D eigenvalue weighted by Gasteiger charge is 2.16. The van der Waals surface area contributed by atoms with E-state index in [2.05, 4.69) is 11.9 Å². The van der Waals surface area contributed by atoms with Gasteiger partial charge in [0, 0.05) is 38.8 Å². The monoisotopic (exact) mass is 486 g/mol. The first-order chi connectivity index (χ1) is 16.3. The van der Waals surface area contributed by atoms with Crippen molar-refractivity contribution in [2.24, 2.45) is 0 Å². The molecule has 3 aromatic rings. The summed E-state index contributed by atoms with van der Waals surface area (Å²) in [7, 11) is 5.71. The number of nitrogens with one attached hydrogen (secondary N) is 1. The first-order valence-corrected chi connectivity index (χ1v) is 12.0. The van der Waals surface area contributed by atoms with Crippen molar-refractivity contribution >= 4 is 29.3 Å². The molecule has 2 aromatic heterocycles. The molecule has 10 heteroatoms. The van der Waals surface area contributed by atoms with Crippen LogP contribution in [-0.4, -0.2) is 75.6 Å². The summed E-state index contributed by atoms with van der Waals surface area (Å²) in [4.78, 5) is 36.9. The molecule has 0 atom stereocenters. The maximum atomic E-state index is 13.0. The minimum Gasteiger partial charge on any atom is -0.484 e. The Bertz CT molecular complexity index is 1240. The Kier molecular flexibility index (Phi) is 8.62. The second kappa shape index (κ2) is 11.4. The number of benzene rings is 1. The molecule has 1 aromatic carbocycles. The lowest BCUT2D eigenvalue weighted by Gasteiger charge is -2.19. The predicted octanol–water partition coefficient (Wildman–Crippen LogP) is 3.14. The zero-order valence-electron chi connectivity index (χ0n) is 20.6. The van der Waals surface area contributed by atoms with Gasteiger partial charge in [0.15, 0.2) is 17.0 Å². The first-order valence-electron chi connectivity index (χ1n) is 11.6. The van der Waals surface area contributed by atoms with E-state index in [0.717, 1.165) is 24.9 Å². The van der Waals surface area contributed by atoms with E-state index in [-0.39, 0.29) is 18.1 Å². The average molecular weight is 487 g/mol. The number of rotatable bonds is 11. The number of ether oxygens (including phenoxy) is 1. The second-order valence-electron chi connectivity index (χ2n) is 8.61. The number of hydrogen-bond donors (Lipinski definition) is 1. The second-order valence-corrected chi connectivity index (χ2v) is 8.97. The van der Waals surface area contributed by atoms with Gasteiger partial charge in [-0.25, -0.2) is 4.98 Å². The summed E-state index contributed by atoms with van der Waals surface area (Å²) < 4.78 is 9.74. The number of H-pyrrole nitrogens is 1. The molecular formula is C24H34N6O3S. The Hall–Kier alpha value is -2.98. The number of nitrogens with zero attached hydrogens (tertiary/aromatic N) is 5. The van der Waals surface area contributed by atoms with Crippen LogP contribution in [0.2, 0.25) is 0 Å². The van der Waals surface area contributed by atoms with E-state index in [0.29, 0.717) is 47.1 Å². The topological polar surface area (TPSA) is 88.4 Å². The molecule has 0 fully saturated rings. The fourth-order valence-electron chi connectivity index (χ4n) is 3.59. The molecule has 0 radical (unpaired) electrons. The van der Waals surface area contributed by atoms with Gasteiger partial charge in [-0.05, 0) is 63.4 Å². The van der Waals surface area contributed by atoms with Gasteiger partial charge in [0.2, 0.25) is 0 Å². The van der Waals surface area contributed by atoms with Crippen molar-refractivity contribution in [3.63, 3.8) is 0 Å². The molecule has 1 amide bonds. The van der Waals surface area contributed by atoms with Crippen molar-refractivity contribution in [2.45, 2.75) is 39.8 Å². The number of likely N-dealkylation sites (N-methyl/N-ethyl adjacent to an activating group) is 2. The third-order valence-electron chi connectivity index (χ3n) is 5.55. The molecule has 0 unspecified atom stereocenters. The fourth-order valence-corrected chi connectivity index (χ4v) is 3.94. The maximum absolute atomic E-state index is 13.0. The van der Waals surface area contributed by atoms with Crippen molar-refractivity contribution in [1.82, 2.24) is 28.9 Å². The smallest absolute Gasteiger partial charge is 0.280 e. The van der Waals surface area contributed by atoms with E-state index < -0.39 is 0 Å². The van der Waals surface area contributed by atoms with Crippen LogP contribution in [-0.2, 0) is 17.9 Å². The van der Waals surface area contributed by atoms with E-state index >= 15 is 0 Å². The lowest BCUT2D eigenvalue weighted by atomic mass is 10.2. The van der Waals surface area contributed by atoms with Crippen molar-refractivity contribution < 1.29 is 9.53 Å². The van der Waals surface area contributed by atoms with Crippen molar-refractivity contribution in [3.8, 4) is 17.1 Å². The lowest BCUT2D eigenvalue weighted by molar-refractivity contribution is -0.132. The fraction of sp³-hybridized carbons (Fsp3) is 0.500. The first kappa shape index (κ1) is 25.6. The Morgan fingerprint density at radius 1 is 1.06 bits per heavy atom. The number of hydrogen-bond acceptors (Lipinski definition) is 6. The maximum Gasteiger partial charge on any atom is 0.280 e. The summed E-state index contributed by atoms with van der Waals surface area (Å²) >= 11 is 5.60. The summed E-state index contributed by atoms with van der Waals surface area (Å²) in [5, 5.41) is 0. The molecular weight excluding hydrogens is 452 g/mol. The van der Waals surface area contributed by atoms with Crippen LogP contribution in [0, 0.1) is 4.77 Å². The lowest BCUT2D eigenvalue weighted by Crippen LogP contribution is -2.36. The molecule has 34 heavy (non-hydrogen) atoms. The number of carbonyl (C=O) groups excluding carboxylic acids is 1. The molecule has 0 saturated heterocycles. The van der Waals surface area contributed by atoms with Crippen LogP contribution in [0.15, 0.2) is 29.1 Å². The van der Waals surface area contributed by atoms with Crippen LogP contribution >= 0.6 is 12.2 Å². The van der Waals surface area contributed by atoms with Crippen LogP contribution in [0.3, 0.4) is 0 Å². The summed E-state index contributed by atoms with van der Waals surface area (Å²) in [5.74, 6) is 1.10. The Labute approximate surface area is 205 Å². The summed E-state index contributed by atoms with van der Waals surface area (Å²) in [5.41, 5.74) is 1.70. The highest BCUT2D eigenvalue weighted by atomic mass is 32.1. The number of carbonyl (C=O) groups is 1. The molecule has 0 aliphatic carbocycles. The van der Waals surface area contributed by atoms with Gasteiger partial charge in [0.1, 0.15) is 17.1 Å². The molecule has 9 nitrogen and oxygen atoms in total. The van der Waals surface area contributed by atoms with Gasteiger partial charge in [-0.1, -0.05) is 13.8 Å². The molecule has 0 bridgehead atoms. The molecule has 0 aliphatic rings. The Morgan fingerprint density at radius 3 is 2.32 bits per heavy atom. The van der Waals surface area contributed by atoms with Gasteiger partial charge in [0.25, 0.3) is 11.5 Å². The number of imidazole rings is 1. The van der Waals surface area contributed by atoms with E-state index in [1.807, 2.05) is 42.6 Å². The summed E-state index contributed by atoms with van der Waals surface area (Å²) in [6, 6.07) is 7.31. The van der Waals surface area contributed by atoms with Crippen molar-refractivity contribution in [3.05, 3.63) is 39.4 Å². The zero-order chi connectivity index (χ0) is 24.8. The highest BCUT2D eigenvalue weighted by Crippen LogP contribution is 2.22. The third-order valence-corrected chi connectivity index (χ3v) is 5.99. The molecule has 0 aliphatic heterocycles. The number of aryl methyl sites for hydroxylation is 1. The largest absolute Gasteiger partial charge is 0.484 e. The number of aromatic amines is 1. The Balaban J connectivity index is 1.81. The van der Waals surface area contributed by atoms with E-state index in [4.69, 9.17) is 21.9 Å². The number of aromatic nitrogens is 4. The third kappa shape index (κ3) is 5.74. The molecule has 0 saturated carbocycles. The molecule has 1 N–H and O–H groups in total. The average Bonchev–Trinajstić information content (AvgIpc) is 3.27. The highest BCUT2D eigenvalue weighted by molar-refractivity contribution is 7.71. The van der Waals surface area contributed by atoms with Gasteiger partial charge in [-0.15, -0.1) is 0 Å². The van der Waals surface area contributed by atoms with Gasteiger partial charge in [0.05, 0.1) is 0 Å². The number of fused-ring (bicyclic) bond motifs is 1. The Morgan fingerprint density at radius 2 is 1.71 bits per heavy atom. The molecule has 184 valence electrons. The molecule has 0 spiro atoms. The molecule has 2 heterocycles. The summed E-state index contributed by atoms with van der Waals surface area (Å²) in [6.07, 6.45) is 1.70.